The zero-order valence-corrected chi connectivity index (χ0v) is 13.0. The number of hydrogen-bond donors (Lipinski definition) is 0. The summed E-state index contributed by atoms with van der Waals surface area (Å²) in [5.41, 5.74) is 2.91. The van der Waals surface area contributed by atoms with Gasteiger partial charge in [-0.05, 0) is 49.1 Å². The van der Waals surface area contributed by atoms with Crippen molar-refractivity contribution in [1.29, 1.82) is 0 Å². The van der Waals surface area contributed by atoms with Gasteiger partial charge >= 0.3 is 0 Å². The number of hydrogen-bond acceptors (Lipinski definition) is 1. The highest BCUT2D eigenvalue weighted by Gasteiger charge is 2.25. The molecule has 0 saturated carbocycles. The van der Waals surface area contributed by atoms with Crippen LogP contribution in [0, 0.1) is 5.92 Å². The van der Waals surface area contributed by atoms with Gasteiger partial charge in [0, 0.05) is 12.3 Å². The summed E-state index contributed by atoms with van der Waals surface area (Å²) in [6.07, 6.45) is 8.84. The molecule has 0 bridgehead atoms. The molecular formula is C19H28O. The molecule has 0 aliphatic heterocycles. The summed E-state index contributed by atoms with van der Waals surface area (Å²) in [6.45, 7) is 4.36. The van der Waals surface area contributed by atoms with E-state index in [0.717, 1.165) is 19.3 Å². The fourth-order valence-corrected chi connectivity index (χ4v) is 3.52. The number of rotatable bonds is 7. The van der Waals surface area contributed by atoms with Gasteiger partial charge in [0.15, 0.2) is 0 Å². The van der Waals surface area contributed by atoms with Crippen molar-refractivity contribution in [2.45, 2.75) is 71.1 Å². The van der Waals surface area contributed by atoms with Crippen LogP contribution in [0.15, 0.2) is 24.3 Å². The highest BCUT2D eigenvalue weighted by atomic mass is 16.1. The average molecular weight is 272 g/mol. The van der Waals surface area contributed by atoms with Crippen LogP contribution in [-0.4, -0.2) is 5.78 Å². The second-order valence-electron chi connectivity index (χ2n) is 6.21. The lowest BCUT2D eigenvalue weighted by Gasteiger charge is -2.26. The molecule has 2 rings (SSSR count). The van der Waals surface area contributed by atoms with E-state index in [1.54, 1.807) is 0 Å². The van der Waals surface area contributed by atoms with Crippen molar-refractivity contribution < 1.29 is 4.79 Å². The minimum Gasteiger partial charge on any atom is -0.299 e. The van der Waals surface area contributed by atoms with Crippen LogP contribution in [0.3, 0.4) is 0 Å². The van der Waals surface area contributed by atoms with Crippen molar-refractivity contribution in [2.24, 2.45) is 5.92 Å². The molecule has 2 unspecified atom stereocenters. The zero-order chi connectivity index (χ0) is 14.4. The van der Waals surface area contributed by atoms with Crippen molar-refractivity contribution in [3.63, 3.8) is 0 Å². The number of Topliss-reactive ketones (excluding diaryl/α,β-unsaturated/α-hetero) is 1. The fourth-order valence-electron chi connectivity index (χ4n) is 3.52. The molecule has 0 aromatic heterocycles. The van der Waals surface area contributed by atoms with E-state index in [2.05, 4.69) is 38.1 Å². The van der Waals surface area contributed by atoms with E-state index in [1.165, 1.54) is 43.2 Å². The van der Waals surface area contributed by atoms with Gasteiger partial charge in [0.05, 0.1) is 0 Å². The smallest absolute Gasteiger partial charge is 0.136 e. The van der Waals surface area contributed by atoms with Crippen molar-refractivity contribution in [3.05, 3.63) is 35.4 Å². The topological polar surface area (TPSA) is 17.1 Å². The first kappa shape index (κ1) is 15.3. The predicted molar refractivity (Wildman–Crippen MR) is 85.1 cm³/mol. The molecule has 0 amide bonds. The molecule has 1 aromatic rings. The highest BCUT2D eigenvalue weighted by Crippen LogP contribution is 2.35. The lowest BCUT2D eigenvalue weighted by atomic mass is 9.78. The first-order chi connectivity index (χ1) is 9.76. The third-order valence-electron chi connectivity index (χ3n) is 4.80. The van der Waals surface area contributed by atoms with E-state index < -0.39 is 0 Å². The molecule has 2 atom stereocenters. The van der Waals surface area contributed by atoms with Crippen LogP contribution >= 0.6 is 0 Å². The number of benzene rings is 1. The summed E-state index contributed by atoms with van der Waals surface area (Å²) in [4.78, 5) is 12.6. The maximum Gasteiger partial charge on any atom is 0.136 e. The van der Waals surface area contributed by atoms with Crippen LogP contribution < -0.4 is 0 Å². The quantitative estimate of drug-likeness (QED) is 0.659. The Labute approximate surface area is 123 Å². The third-order valence-corrected chi connectivity index (χ3v) is 4.80. The molecule has 1 aromatic carbocycles. The maximum atomic E-state index is 12.6. The van der Waals surface area contributed by atoms with Crippen molar-refractivity contribution >= 4 is 5.78 Å². The van der Waals surface area contributed by atoms with E-state index in [1.807, 2.05) is 0 Å². The Morgan fingerprint density at radius 3 is 2.85 bits per heavy atom. The largest absolute Gasteiger partial charge is 0.299 e. The lowest BCUT2D eigenvalue weighted by Crippen LogP contribution is -2.19. The average Bonchev–Trinajstić information content (AvgIpc) is 2.48. The van der Waals surface area contributed by atoms with Crippen LogP contribution in [0.1, 0.15) is 75.8 Å². The minimum absolute atomic E-state index is 0.295. The molecule has 110 valence electrons. The summed E-state index contributed by atoms with van der Waals surface area (Å²) < 4.78 is 0. The Bertz CT molecular complexity index is 435. The van der Waals surface area contributed by atoms with Crippen LogP contribution in [0.5, 0.6) is 0 Å². The van der Waals surface area contributed by atoms with Crippen molar-refractivity contribution in [2.75, 3.05) is 0 Å². The maximum absolute atomic E-state index is 12.6. The second-order valence-corrected chi connectivity index (χ2v) is 6.21. The van der Waals surface area contributed by atoms with Gasteiger partial charge in [-0.1, -0.05) is 51.0 Å². The van der Waals surface area contributed by atoms with Gasteiger partial charge in [0.25, 0.3) is 0 Å². The molecule has 1 heteroatoms. The van der Waals surface area contributed by atoms with Crippen LogP contribution in [0.4, 0.5) is 0 Å². The molecular weight excluding hydrogens is 244 g/mol. The van der Waals surface area contributed by atoms with E-state index in [4.69, 9.17) is 0 Å². The van der Waals surface area contributed by atoms with E-state index in [-0.39, 0.29) is 0 Å². The van der Waals surface area contributed by atoms with E-state index in [0.29, 0.717) is 17.6 Å². The molecule has 0 fully saturated rings. The lowest BCUT2D eigenvalue weighted by molar-refractivity contribution is -0.123. The Hall–Kier alpha value is -1.11. The van der Waals surface area contributed by atoms with Gasteiger partial charge in [-0.15, -0.1) is 0 Å². The van der Waals surface area contributed by atoms with Crippen LogP contribution in [0.25, 0.3) is 0 Å². The van der Waals surface area contributed by atoms with E-state index >= 15 is 0 Å². The Kier molecular flexibility index (Phi) is 5.82. The van der Waals surface area contributed by atoms with Gasteiger partial charge < -0.3 is 0 Å². The molecule has 0 spiro atoms. The number of carbonyl (C=O) groups excluding carboxylic acids is 1. The number of ketones is 1. The second kappa shape index (κ2) is 7.61. The number of fused-ring (bicyclic) bond motifs is 1. The summed E-state index contributed by atoms with van der Waals surface area (Å²) in [5.74, 6) is 1.27. The molecule has 1 aliphatic carbocycles. The Morgan fingerprint density at radius 2 is 2.10 bits per heavy atom. The van der Waals surface area contributed by atoms with Gasteiger partial charge in [-0.3, -0.25) is 4.79 Å². The van der Waals surface area contributed by atoms with Gasteiger partial charge in [-0.2, -0.15) is 0 Å². The summed E-state index contributed by atoms with van der Waals surface area (Å²) in [7, 11) is 0. The standard InChI is InChI=1S/C19H28O/c1-3-5-9-15(4-2)19(20)14-17-12-8-11-16-10-6-7-13-18(16)17/h6-7,10,13,15,17H,3-5,8-9,11-12,14H2,1-2H3. The summed E-state index contributed by atoms with van der Waals surface area (Å²) >= 11 is 0. The summed E-state index contributed by atoms with van der Waals surface area (Å²) in [6, 6.07) is 8.72. The number of unbranched alkanes of at least 4 members (excludes halogenated alkanes) is 1. The predicted octanol–water partition coefficient (Wildman–Crippen LogP) is 5.28. The third kappa shape index (κ3) is 3.71. The highest BCUT2D eigenvalue weighted by molar-refractivity contribution is 5.81. The Morgan fingerprint density at radius 1 is 1.30 bits per heavy atom. The Balaban J connectivity index is 2.01. The monoisotopic (exact) mass is 272 g/mol. The van der Waals surface area contributed by atoms with Gasteiger partial charge in [-0.25, -0.2) is 0 Å². The van der Waals surface area contributed by atoms with Gasteiger partial charge in [0.1, 0.15) is 5.78 Å². The molecule has 1 aliphatic rings. The van der Waals surface area contributed by atoms with Crippen LogP contribution in [0.2, 0.25) is 0 Å². The summed E-state index contributed by atoms with van der Waals surface area (Å²) in [5, 5.41) is 0. The molecule has 0 saturated heterocycles. The number of aryl methyl sites for hydroxylation is 1. The minimum atomic E-state index is 0.295. The first-order valence-corrected chi connectivity index (χ1v) is 8.36. The number of carbonyl (C=O) groups is 1. The molecule has 0 radical (unpaired) electrons. The van der Waals surface area contributed by atoms with Crippen molar-refractivity contribution in [3.8, 4) is 0 Å². The molecule has 0 N–H and O–H groups in total. The molecule has 20 heavy (non-hydrogen) atoms. The normalized spacial score (nSPS) is 19.4. The molecule has 0 heterocycles. The van der Waals surface area contributed by atoms with Gasteiger partial charge in [0.2, 0.25) is 0 Å². The van der Waals surface area contributed by atoms with Crippen LogP contribution in [-0.2, 0) is 11.2 Å². The SMILES string of the molecule is CCCCC(CC)C(=O)CC1CCCc2ccccc21. The first-order valence-electron chi connectivity index (χ1n) is 8.36. The zero-order valence-electron chi connectivity index (χ0n) is 13.0. The molecule has 1 nitrogen and oxygen atoms in total. The fraction of sp³-hybridized carbons (Fsp3) is 0.632. The van der Waals surface area contributed by atoms with E-state index in [9.17, 15) is 4.79 Å². The van der Waals surface area contributed by atoms with Crippen molar-refractivity contribution in [1.82, 2.24) is 0 Å².